The molecule has 0 aromatic heterocycles. The van der Waals surface area contributed by atoms with Crippen molar-refractivity contribution >= 4 is 5.57 Å². The normalized spacial score (nSPS) is 38.3. The van der Waals surface area contributed by atoms with Crippen molar-refractivity contribution in [3.63, 3.8) is 0 Å². The Bertz CT molecular complexity index is 758. The lowest BCUT2D eigenvalue weighted by Gasteiger charge is -2.37. The van der Waals surface area contributed by atoms with Gasteiger partial charge < -0.3 is 0 Å². The van der Waals surface area contributed by atoms with Crippen LogP contribution in [0.25, 0.3) is 5.57 Å². The van der Waals surface area contributed by atoms with Gasteiger partial charge in [0.05, 0.1) is 0 Å². The lowest BCUT2D eigenvalue weighted by molar-refractivity contribution is 0.107. The highest BCUT2D eigenvalue weighted by Crippen LogP contribution is 2.44. The van der Waals surface area contributed by atoms with Crippen LogP contribution >= 0.6 is 0 Å². The molecule has 158 valence electrons. The SMILES string of the molecule is CC1CCC(C2CCC(c3ccc(C4=CC(F)C(C)(F)C(F)=C4)cc3)CC2)CC1. The van der Waals surface area contributed by atoms with Gasteiger partial charge in [0.2, 0.25) is 0 Å². The second kappa shape index (κ2) is 8.32. The van der Waals surface area contributed by atoms with Gasteiger partial charge in [-0.2, -0.15) is 0 Å². The first kappa shape index (κ1) is 20.8. The van der Waals surface area contributed by atoms with E-state index in [1.54, 1.807) is 0 Å². The zero-order chi connectivity index (χ0) is 20.6. The van der Waals surface area contributed by atoms with Gasteiger partial charge >= 0.3 is 0 Å². The molecule has 0 aliphatic heterocycles. The molecule has 4 rings (SSSR count). The van der Waals surface area contributed by atoms with Crippen molar-refractivity contribution in [2.75, 3.05) is 0 Å². The summed E-state index contributed by atoms with van der Waals surface area (Å²) >= 11 is 0. The van der Waals surface area contributed by atoms with Crippen LogP contribution in [0.3, 0.4) is 0 Å². The molecule has 2 saturated carbocycles. The molecule has 0 bridgehead atoms. The van der Waals surface area contributed by atoms with Crippen LogP contribution in [0.5, 0.6) is 0 Å². The van der Waals surface area contributed by atoms with Crippen molar-refractivity contribution in [2.24, 2.45) is 17.8 Å². The molecule has 0 N–H and O–H groups in total. The van der Waals surface area contributed by atoms with E-state index in [0.29, 0.717) is 11.5 Å². The summed E-state index contributed by atoms with van der Waals surface area (Å²) in [5.74, 6) is 2.29. The minimum Gasteiger partial charge on any atom is -0.239 e. The molecule has 29 heavy (non-hydrogen) atoms. The number of alkyl halides is 2. The maximum absolute atomic E-state index is 14.0. The standard InChI is InChI=1S/C26H33F3/c1-17-3-5-18(6-4-17)19-7-9-20(10-8-19)21-11-13-22(14-12-21)23-15-24(27)26(2,29)25(28)16-23/h11-20,24H,3-10H2,1-2H3. The molecule has 1 aromatic carbocycles. The van der Waals surface area contributed by atoms with Crippen LogP contribution in [-0.4, -0.2) is 11.8 Å². The summed E-state index contributed by atoms with van der Waals surface area (Å²) in [6, 6.07) is 8.03. The summed E-state index contributed by atoms with van der Waals surface area (Å²) in [6.07, 6.45) is 11.1. The van der Waals surface area contributed by atoms with Gasteiger partial charge in [-0.05, 0) is 98.0 Å². The van der Waals surface area contributed by atoms with Crippen LogP contribution < -0.4 is 0 Å². The maximum atomic E-state index is 14.0. The van der Waals surface area contributed by atoms with E-state index in [9.17, 15) is 13.2 Å². The first-order chi connectivity index (χ1) is 13.8. The van der Waals surface area contributed by atoms with Crippen molar-refractivity contribution in [3.05, 3.63) is 53.4 Å². The average Bonchev–Trinajstić information content (AvgIpc) is 2.73. The van der Waals surface area contributed by atoms with Crippen LogP contribution in [0.15, 0.2) is 42.2 Å². The Balaban J connectivity index is 1.37. The van der Waals surface area contributed by atoms with E-state index < -0.39 is 17.7 Å². The van der Waals surface area contributed by atoms with Crippen molar-refractivity contribution in [2.45, 2.75) is 83.0 Å². The van der Waals surface area contributed by atoms with Gasteiger partial charge in [0, 0.05) is 0 Å². The first-order valence-corrected chi connectivity index (χ1v) is 11.4. The number of hydrogen-bond acceptors (Lipinski definition) is 0. The zero-order valence-corrected chi connectivity index (χ0v) is 17.6. The van der Waals surface area contributed by atoms with Crippen molar-refractivity contribution in [1.29, 1.82) is 0 Å². The number of hydrogen-bond donors (Lipinski definition) is 0. The Labute approximate surface area is 173 Å². The van der Waals surface area contributed by atoms with Gasteiger partial charge in [-0.25, -0.2) is 13.2 Å². The molecule has 2 fully saturated rings. The van der Waals surface area contributed by atoms with E-state index in [1.807, 2.05) is 12.1 Å². The number of halogens is 3. The minimum absolute atomic E-state index is 0.423. The summed E-state index contributed by atoms with van der Waals surface area (Å²) in [6.45, 7) is 3.33. The molecule has 2 atom stereocenters. The Morgan fingerprint density at radius 2 is 1.41 bits per heavy atom. The van der Waals surface area contributed by atoms with Gasteiger partial charge in [-0.1, -0.05) is 44.0 Å². The summed E-state index contributed by atoms with van der Waals surface area (Å²) in [5, 5.41) is 0. The lowest BCUT2D eigenvalue weighted by atomic mass is 9.68. The number of rotatable bonds is 3. The smallest absolute Gasteiger partial charge is 0.193 e. The van der Waals surface area contributed by atoms with Crippen molar-refractivity contribution < 1.29 is 13.2 Å². The highest BCUT2D eigenvalue weighted by atomic mass is 19.2. The van der Waals surface area contributed by atoms with Crippen LogP contribution in [0, 0.1) is 17.8 Å². The van der Waals surface area contributed by atoms with E-state index >= 15 is 0 Å². The van der Waals surface area contributed by atoms with Crippen LogP contribution in [0.4, 0.5) is 13.2 Å². The van der Waals surface area contributed by atoms with Crippen LogP contribution in [0.1, 0.15) is 82.3 Å². The molecule has 3 aliphatic rings. The summed E-state index contributed by atoms with van der Waals surface area (Å²) < 4.78 is 41.9. The summed E-state index contributed by atoms with van der Waals surface area (Å²) in [4.78, 5) is 0. The third kappa shape index (κ3) is 4.34. The predicted molar refractivity (Wildman–Crippen MR) is 114 cm³/mol. The molecule has 0 radical (unpaired) electrons. The third-order valence-corrected chi connectivity index (χ3v) is 7.81. The molecule has 3 heteroatoms. The topological polar surface area (TPSA) is 0 Å². The highest BCUT2D eigenvalue weighted by Gasteiger charge is 2.41. The molecule has 3 aliphatic carbocycles. The summed E-state index contributed by atoms with van der Waals surface area (Å²) in [7, 11) is 0. The second-order valence-corrected chi connectivity index (χ2v) is 9.85. The fourth-order valence-electron chi connectivity index (χ4n) is 5.58. The summed E-state index contributed by atoms with van der Waals surface area (Å²) in [5.41, 5.74) is -0.0743. The molecule has 0 spiro atoms. The van der Waals surface area contributed by atoms with Crippen molar-refractivity contribution in [3.8, 4) is 0 Å². The quantitative estimate of drug-likeness (QED) is 0.479. The van der Waals surface area contributed by atoms with Gasteiger partial charge in [0.1, 0.15) is 5.83 Å². The monoisotopic (exact) mass is 402 g/mol. The fourth-order valence-corrected chi connectivity index (χ4v) is 5.58. The fraction of sp³-hybridized carbons (Fsp3) is 0.615. The lowest BCUT2D eigenvalue weighted by Crippen LogP contribution is -2.33. The van der Waals surface area contributed by atoms with Gasteiger partial charge in [-0.3, -0.25) is 0 Å². The Hall–Kier alpha value is -1.51. The van der Waals surface area contributed by atoms with E-state index in [0.717, 1.165) is 36.3 Å². The van der Waals surface area contributed by atoms with E-state index in [1.165, 1.54) is 63.0 Å². The number of benzene rings is 1. The maximum Gasteiger partial charge on any atom is 0.193 e. The van der Waals surface area contributed by atoms with Crippen molar-refractivity contribution in [1.82, 2.24) is 0 Å². The van der Waals surface area contributed by atoms with Crippen LogP contribution in [-0.2, 0) is 0 Å². The molecule has 2 unspecified atom stereocenters. The number of allylic oxidation sites excluding steroid dienone is 4. The zero-order valence-electron chi connectivity index (χ0n) is 17.6. The molecule has 0 nitrogen and oxygen atoms in total. The molecule has 0 saturated heterocycles. The highest BCUT2D eigenvalue weighted by molar-refractivity contribution is 5.77. The Kier molecular flexibility index (Phi) is 5.95. The van der Waals surface area contributed by atoms with E-state index in [-0.39, 0.29) is 0 Å². The molecule has 0 heterocycles. The minimum atomic E-state index is -2.56. The first-order valence-electron chi connectivity index (χ1n) is 11.4. The average molecular weight is 403 g/mol. The van der Waals surface area contributed by atoms with Gasteiger partial charge in [0.25, 0.3) is 0 Å². The van der Waals surface area contributed by atoms with E-state index in [4.69, 9.17) is 0 Å². The molecular formula is C26H33F3. The largest absolute Gasteiger partial charge is 0.239 e. The van der Waals surface area contributed by atoms with Crippen LogP contribution in [0.2, 0.25) is 0 Å². The molecular weight excluding hydrogens is 369 g/mol. The van der Waals surface area contributed by atoms with E-state index in [2.05, 4.69) is 19.1 Å². The molecule has 1 aromatic rings. The second-order valence-electron chi connectivity index (χ2n) is 9.85. The van der Waals surface area contributed by atoms with Gasteiger partial charge in [-0.15, -0.1) is 0 Å². The third-order valence-electron chi connectivity index (χ3n) is 7.81. The van der Waals surface area contributed by atoms with Gasteiger partial charge in [0.15, 0.2) is 11.8 Å². The Morgan fingerprint density at radius 1 is 0.862 bits per heavy atom. The Morgan fingerprint density at radius 3 is 1.97 bits per heavy atom. The molecule has 0 amide bonds. The predicted octanol–water partition coefficient (Wildman–Crippen LogP) is 8.10.